The van der Waals surface area contributed by atoms with Gasteiger partial charge in [0.1, 0.15) is 4.90 Å². The summed E-state index contributed by atoms with van der Waals surface area (Å²) in [6.45, 7) is 2.18. The Morgan fingerprint density at radius 3 is 2.55 bits per heavy atom. The third-order valence-electron chi connectivity index (χ3n) is 6.54. The van der Waals surface area contributed by atoms with Crippen molar-refractivity contribution < 1.29 is 17.7 Å². The van der Waals surface area contributed by atoms with E-state index in [1.54, 1.807) is 13.0 Å². The Kier molecular flexibility index (Phi) is 7.71. The van der Waals surface area contributed by atoms with Crippen LogP contribution in [0.3, 0.4) is 0 Å². The van der Waals surface area contributed by atoms with Crippen LogP contribution in [-0.4, -0.2) is 47.9 Å². The van der Waals surface area contributed by atoms with Crippen LogP contribution in [0.4, 0.5) is 0 Å². The molecule has 33 heavy (non-hydrogen) atoms. The predicted octanol–water partition coefficient (Wildman–Crippen LogP) is 4.33. The second-order valence-corrected chi connectivity index (χ2v) is 11.3. The number of carbonyl (C=O) groups is 1. The summed E-state index contributed by atoms with van der Waals surface area (Å²) in [5.74, 6) is 0.289. The molecule has 180 valence electrons. The van der Waals surface area contributed by atoms with Gasteiger partial charge in [0.2, 0.25) is 27.6 Å². The van der Waals surface area contributed by atoms with E-state index < -0.39 is 10.0 Å². The maximum Gasteiger partial charge on any atom is 0.244 e. The van der Waals surface area contributed by atoms with Crippen LogP contribution in [-0.2, 0) is 14.8 Å². The highest BCUT2D eigenvalue weighted by Crippen LogP contribution is 2.31. The van der Waals surface area contributed by atoms with Crippen molar-refractivity contribution in [2.24, 2.45) is 5.92 Å². The number of carbonyl (C=O) groups excluding carboxylic acids is 1. The Labute approximate surface area is 200 Å². The topological polar surface area (TPSA) is 105 Å². The monoisotopic (exact) mass is 494 g/mol. The van der Waals surface area contributed by atoms with Crippen molar-refractivity contribution >= 4 is 27.5 Å². The van der Waals surface area contributed by atoms with E-state index in [-0.39, 0.29) is 34.3 Å². The van der Waals surface area contributed by atoms with Crippen LogP contribution in [0.2, 0.25) is 5.02 Å². The van der Waals surface area contributed by atoms with Gasteiger partial charge in [0, 0.05) is 31.6 Å². The Hall–Kier alpha value is -1.97. The van der Waals surface area contributed by atoms with E-state index in [4.69, 9.17) is 16.1 Å². The molecule has 2 aromatic rings. The lowest BCUT2D eigenvalue weighted by molar-refractivity contribution is -0.126. The number of aromatic nitrogens is 2. The van der Waals surface area contributed by atoms with E-state index >= 15 is 0 Å². The summed E-state index contributed by atoms with van der Waals surface area (Å²) >= 11 is 6.30. The minimum absolute atomic E-state index is 0.00908. The largest absolute Gasteiger partial charge is 0.353 e. The van der Waals surface area contributed by atoms with E-state index in [9.17, 15) is 13.2 Å². The van der Waals surface area contributed by atoms with Crippen molar-refractivity contribution in [2.75, 3.05) is 13.1 Å². The summed E-state index contributed by atoms with van der Waals surface area (Å²) in [6, 6.07) is 4.85. The van der Waals surface area contributed by atoms with Gasteiger partial charge in [0.25, 0.3) is 0 Å². The Morgan fingerprint density at radius 1 is 1.12 bits per heavy atom. The van der Waals surface area contributed by atoms with Crippen LogP contribution < -0.4 is 5.32 Å². The number of hydrogen-bond donors (Lipinski definition) is 1. The molecule has 2 fully saturated rings. The lowest BCUT2D eigenvalue weighted by Crippen LogP contribution is -2.47. The molecule has 1 N–H and O–H groups in total. The Morgan fingerprint density at radius 2 is 1.85 bits per heavy atom. The highest BCUT2D eigenvalue weighted by Gasteiger charge is 2.35. The number of aryl methyl sites for hydroxylation is 1. The predicted molar refractivity (Wildman–Crippen MR) is 125 cm³/mol. The van der Waals surface area contributed by atoms with Crippen molar-refractivity contribution in [3.63, 3.8) is 0 Å². The molecule has 2 aliphatic rings. The molecular weight excluding hydrogens is 464 g/mol. The maximum absolute atomic E-state index is 13.5. The van der Waals surface area contributed by atoms with E-state index in [0.29, 0.717) is 36.7 Å². The molecular formula is C23H31ClN4O4S. The summed E-state index contributed by atoms with van der Waals surface area (Å²) < 4.78 is 33.4. The molecule has 10 heteroatoms. The average Bonchev–Trinajstić information content (AvgIpc) is 3.22. The summed E-state index contributed by atoms with van der Waals surface area (Å²) in [7, 11) is -3.89. The fourth-order valence-corrected chi connectivity index (χ4v) is 6.71. The molecule has 1 saturated heterocycles. The van der Waals surface area contributed by atoms with Crippen LogP contribution in [0.5, 0.6) is 0 Å². The summed E-state index contributed by atoms with van der Waals surface area (Å²) in [5, 5.41) is 7.19. The van der Waals surface area contributed by atoms with Gasteiger partial charge in [0.05, 0.1) is 10.9 Å². The van der Waals surface area contributed by atoms with Crippen LogP contribution in [0.1, 0.15) is 63.7 Å². The third-order valence-corrected chi connectivity index (χ3v) is 8.89. The highest BCUT2D eigenvalue weighted by atomic mass is 35.5. The summed E-state index contributed by atoms with van der Waals surface area (Å²) in [5.41, 5.74) is 0.505. The second-order valence-electron chi connectivity index (χ2n) is 9.04. The van der Waals surface area contributed by atoms with Gasteiger partial charge >= 0.3 is 0 Å². The minimum Gasteiger partial charge on any atom is -0.353 e. The lowest BCUT2D eigenvalue weighted by Gasteiger charge is -2.32. The first-order chi connectivity index (χ1) is 15.8. The molecule has 0 spiro atoms. The molecule has 1 saturated carbocycles. The quantitative estimate of drug-likeness (QED) is 0.663. The first-order valence-electron chi connectivity index (χ1n) is 11.8. The zero-order valence-corrected chi connectivity index (χ0v) is 20.5. The SMILES string of the molecule is Cc1nc(-c2ccc(Cl)c(S(=O)(=O)N3CCCC(C(=O)NC4CCCCCCC4)C3)c2)no1. The fourth-order valence-electron chi connectivity index (χ4n) is 4.69. The highest BCUT2D eigenvalue weighted by molar-refractivity contribution is 7.89. The van der Waals surface area contributed by atoms with Gasteiger partial charge in [-0.2, -0.15) is 9.29 Å². The average molecular weight is 495 g/mol. The van der Waals surface area contributed by atoms with E-state index in [1.165, 1.54) is 35.7 Å². The normalized spacial score (nSPS) is 21.3. The first kappa shape index (κ1) is 24.2. The standard InChI is InChI=1S/C23H31ClN4O4S/c1-16-25-22(27-32-16)17-11-12-20(24)21(14-17)33(30,31)28-13-7-8-18(15-28)23(29)26-19-9-5-3-2-4-6-10-19/h11-12,14,18-19H,2-10,13,15H2,1H3,(H,26,29). The Balaban J connectivity index is 1.48. The van der Waals surface area contributed by atoms with Crippen molar-refractivity contribution in [3.8, 4) is 11.4 Å². The van der Waals surface area contributed by atoms with E-state index in [1.807, 2.05) is 0 Å². The number of benzene rings is 1. The maximum atomic E-state index is 13.5. The molecule has 0 radical (unpaired) electrons. The van der Waals surface area contributed by atoms with Gasteiger partial charge in [-0.3, -0.25) is 4.79 Å². The summed E-state index contributed by atoms with van der Waals surface area (Å²) in [4.78, 5) is 17.2. The van der Waals surface area contributed by atoms with E-state index in [2.05, 4.69) is 15.5 Å². The second kappa shape index (κ2) is 10.5. The Bertz CT molecular complexity index is 1080. The van der Waals surface area contributed by atoms with Crippen LogP contribution in [0.15, 0.2) is 27.6 Å². The number of rotatable bonds is 5. The zero-order chi connectivity index (χ0) is 23.4. The number of amides is 1. The van der Waals surface area contributed by atoms with Crippen molar-refractivity contribution in [3.05, 3.63) is 29.1 Å². The van der Waals surface area contributed by atoms with Crippen LogP contribution in [0.25, 0.3) is 11.4 Å². The number of halogens is 1. The van der Waals surface area contributed by atoms with Crippen molar-refractivity contribution in [1.82, 2.24) is 19.8 Å². The smallest absolute Gasteiger partial charge is 0.244 e. The number of nitrogens with one attached hydrogen (secondary N) is 1. The number of nitrogens with zero attached hydrogens (tertiary/aromatic N) is 3. The zero-order valence-electron chi connectivity index (χ0n) is 18.9. The van der Waals surface area contributed by atoms with Crippen LogP contribution >= 0.6 is 11.6 Å². The molecule has 4 rings (SSSR count). The molecule has 8 nitrogen and oxygen atoms in total. The number of piperidine rings is 1. The minimum atomic E-state index is -3.89. The molecule has 1 aliphatic heterocycles. The number of hydrogen-bond acceptors (Lipinski definition) is 6. The van der Waals surface area contributed by atoms with Gasteiger partial charge in [0.15, 0.2) is 0 Å². The first-order valence-corrected chi connectivity index (χ1v) is 13.6. The number of sulfonamides is 1. The molecule has 1 aromatic carbocycles. The molecule has 1 atom stereocenters. The molecule has 2 heterocycles. The molecule has 0 bridgehead atoms. The fraction of sp³-hybridized carbons (Fsp3) is 0.609. The van der Waals surface area contributed by atoms with Gasteiger partial charge in [-0.05, 0) is 43.9 Å². The molecule has 1 amide bonds. The van der Waals surface area contributed by atoms with E-state index in [0.717, 1.165) is 25.7 Å². The third kappa shape index (κ3) is 5.75. The molecule has 1 aliphatic carbocycles. The molecule has 1 aromatic heterocycles. The van der Waals surface area contributed by atoms with Gasteiger partial charge < -0.3 is 9.84 Å². The summed E-state index contributed by atoms with van der Waals surface area (Å²) in [6.07, 6.45) is 9.26. The molecule has 1 unspecified atom stereocenters. The van der Waals surface area contributed by atoms with Gasteiger partial charge in [-0.25, -0.2) is 8.42 Å². The van der Waals surface area contributed by atoms with Gasteiger partial charge in [-0.15, -0.1) is 0 Å². The van der Waals surface area contributed by atoms with Crippen LogP contribution in [0, 0.1) is 12.8 Å². The van der Waals surface area contributed by atoms with Crippen molar-refractivity contribution in [1.29, 1.82) is 0 Å². The van der Waals surface area contributed by atoms with Gasteiger partial charge in [-0.1, -0.05) is 48.9 Å². The van der Waals surface area contributed by atoms with Crippen molar-refractivity contribution in [2.45, 2.75) is 75.6 Å². The lowest BCUT2D eigenvalue weighted by atomic mass is 9.94.